The summed E-state index contributed by atoms with van der Waals surface area (Å²) < 4.78 is 9.43. The number of methoxy groups -OCH3 is 1. The highest BCUT2D eigenvalue weighted by Gasteiger charge is 2.23. The van der Waals surface area contributed by atoms with E-state index in [1.165, 1.54) is 21.0 Å². The van der Waals surface area contributed by atoms with E-state index in [0.717, 1.165) is 0 Å². The standard InChI is InChI=1S/C9H17NO5/c1-6(14-4)7(5-11)10-8(12)15-9(2,3)13/h5-7,13H,1-4H3,(H,10,12). The summed E-state index contributed by atoms with van der Waals surface area (Å²) in [6.45, 7) is 4.24. The molecule has 0 radical (unpaired) electrons. The van der Waals surface area contributed by atoms with Crippen LogP contribution in [0.15, 0.2) is 0 Å². The summed E-state index contributed by atoms with van der Waals surface area (Å²) in [6.07, 6.45) is -0.792. The number of rotatable bonds is 5. The summed E-state index contributed by atoms with van der Waals surface area (Å²) in [6, 6.07) is -0.801. The highest BCUT2D eigenvalue weighted by atomic mass is 16.7. The van der Waals surface area contributed by atoms with Crippen LogP contribution in [-0.4, -0.2) is 42.5 Å². The summed E-state index contributed by atoms with van der Waals surface area (Å²) in [4.78, 5) is 21.7. The smallest absolute Gasteiger partial charge is 0.410 e. The van der Waals surface area contributed by atoms with E-state index in [1.807, 2.05) is 0 Å². The Morgan fingerprint density at radius 2 is 2.07 bits per heavy atom. The largest absolute Gasteiger partial charge is 0.418 e. The Labute approximate surface area is 88.6 Å². The van der Waals surface area contributed by atoms with Gasteiger partial charge in [0.15, 0.2) is 0 Å². The molecule has 6 nitrogen and oxygen atoms in total. The number of aliphatic hydroxyl groups is 1. The number of alkyl carbamates (subject to hydrolysis) is 1. The summed E-state index contributed by atoms with van der Waals surface area (Å²) >= 11 is 0. The van der Waals surface area contributed by atoms with E-state index < -0.39 is 24.0 Å². The first-order chi connectivity index (χ1) is 6.80. The van der Waals surface area contributed by atoms with Gasteiger partial charge in [0, 0.05) is 21.0 Å². The fourth-order valence-corrected chi connectivity index (χ4v) is 0.801. The van der Waals surface area contributed by atoms with Crippen LogP contribution >= 0.6 is 0 Å². The Balaban J connectivity index is 4.19. The normalized spacial score (nSPS) is 15.3. The van der Waals surface area contributed by atoms with Crippen molar-refractivity contribution in [2.24, 2.45) is 0 Å². The second kappa shape index (κ2) is 5.67. The van der Waals surface area contributed by atoms with E-state index in [-0.39, 0.29) is 0 Å². The topological polar surface area (TPSA) is 84.9 Å². The lowest BCUT2D eigenvalue weighted by molar-refractivity contribution is -0.134. The van der Waals surface area contributed by atoms with Gasteiger partial charge in [-0.3, -0.25) is 0 Å². The van der Waals surface area contributed by atoms with Gasteiger partial charge < -0.3 is 24.7 Å². The van der Waals surface area contributed by atoms with Crippen molar-refractivity contribution in [1.29, 1.82) is 0 Å². The van der Waals surface area contributed by atoms with Gasteiger partial charge in [-0.2, -0.15) is 0 Å². The molecule has 0 aromatic rings. The van der Waals surface area contributed by atoms with Crippen LogP contribution in [0.4, 0.5) is 4.79 Å². The predicted molar refractivity (Wildman–Crippen MR) is 52.2 cm³/mol. The Hall–Kier alpha value is -1.14. The SMILES string of the molecule is COC(C)C(C=O)NC(=O)OC(C)(C)O. The molecule has 0 aliphatic carbocycles. The molecule has 0 heterocycles. The lowest BCUT2D eigenvalue weighted by Gasteiger charge is -2.22. The van der Waals surface area contributed by atoms with E-state index in [9.17, 15) is 9.59 Å². The summed E-state index contributed by atoms with van der Waals surface area (Å²) in [5, 5.41) is 11.4. The molecule has 2 N–H and O–H groups in total. The molecule has 0 saturated carbocycles. The monoisotopic (exact) mass is 219 g/mol. The third-order valence-electron chi connectivity index (χ3n) is 1.65. The molecule has 0 rings (SSSR count). The van der Waals surface area contributed by atoms with Crippen molar-refractivity contribution >= 4 is 12.4 Å². The Morgan fingerprint density at radius 3 is 2.40 bits per heavy atom. The Kier molecular flexibility index (Phi) is 5.24. The van der Waals surface area contributed by atoms with Crippen LogP contribution in [-0.2, 0) is 14.3 Å². The average Bonchev–Trinajstić information content (AvgIpc) is 2.10. The summed E-state index contributed by atoms with van der Waals surface area (Å²) in [5.74, 6) is -1.58. The number of carbonyl (C=O) groups is 2. The van der Waals surface area contributed by atoms with Gasteiger partial charge in [0.25, 0.3) is 0 Å². The lowest BCUT2D eigenvalue weighted by Crippen LogP contribution is -2.46. The van der Waals surface area contributed by atoms with E-state index in [4.69, 9.17) is 9.84 Å². The molecule has 0 spiro atoms. The lowest BCUT2D eigenvalue weighted by atomic mass is 10.2. The van der Waals surface area contributed by atoms with Crippen molar-refractivity contribution in [1.82, 2.24) is 5.32 Å². The number of aldehydes is 1. The second-order valence-electron chi connectivity index (χ2n) is 3.58. The van der Waals surface area contributed by atoms with Crippen molar-refractivity contribution in [3.8, 4) is 0 Å². The van der Waals surface area contributed by atoms with Crippen LogP contribution in [0.3, 0.4) is 0 Å². The molecule has 2 unspecified atom stereocenters. The van der Waals surface area contributed by atoms with Crippen molar-refractivity contribution in [2.75, 3.05) is 7.11 Å². The fraction of sp³-hybridized carbons (Fsp3) is 0.778. The van der Waals surface area contributed by atoms with E-state index in [1.54, 1.807) is 6.92 Å². The van der Waals surface area contributed by atoms with Gasteiger partial charge in [0.05, 0.1) is 6.10 Å². The van der Waals surface area contributed by atoms with Gasteiger partial charge >= 0.3 is 6.09 Å². The maximum Gasteiger partial charge on any atom is 0.410 e. The average molecular weight is 219 g/mol. The zero-order valence-corrected chi connectivity index (χ0v) is 9.31. The number of carbonyl (C=O) groups excluding carboxylic acids is 2. The number of hydrogen-bond acceptors (Lipinski definition) is 5. The van der Waals surface area contributed by atoms with Crippen LogP contribution in [0.5, 0.6) is 0 Å². The molecule has 1 amide bonds. The molecule has 0 saturated heterocycles. The van der Waals surface area contributed by atoms with Crippen molar-refractivity contribution in [3.63, 3.8) is 0 Å². The van der Waals surface area contributed by atoms with E-state index in [0.29, 0.717) is 6.29 Å². The number of amides is 1. The molecule has 0 aromatic carbocycles. The first kappa shape index (κ1) is 13.9. The molecule has 88 valence electrons. The summed E-state index contributed by atoms with van der Waals surface area (Å²) in [7, 11) is 1.42. The minimum Gasteiger partial charge on any atom is -0.418 e. The van der Waals surface area contributed by atoms with Gasteiger partial charge in [-0.25, -0.2) is 4.79 Å². The number of hydrogen-bond donors (Lipinski definition) is 2. The zero-order valence-electron chi connectivity index (χ0n) is 9.31. The van der Waals surface area contributed by atoms with Gasteiger partial charge in [-0.15, -0.1) is 0 Å². The number of ether oxygens (including phenoxy) is 2. The van der Waals surface area contributed by atoms with Crippen LogP contribution < -0.4 is 5.32 Å². The molecule has 0 aromatic heterocycles. The number of nitrogens with one attached hydrogen (secondary N) is 1. The maximum atomic E-state index is 11.1. The van der Waals surface area contributed by atoms with Gasteiger partial charge in [-0.05, 0) is 6.92 Å². The third kappa shape index (κ3) is 6.03. The Morgan fingerprint density at radius 1 is 1.53 bits per heavy atom. The van der Waals surface area contributed by atoms with E-state index in [2.05, 4.69) is 10.1 Å². The molecular formula is C9H17NO5. The Bertz CT molecular complexity index is 223. The van der Waals surface area contributed by atoms with E-state index >= 15 is 0 Å². The molecule has 0 aliphatic rings. The fourth-order valence-electron chi connectivity index (χ4n) is 0.801. The van der Waals surface area contributed by atoms with Gasteiger partial charge in [-0.1, -0.05) is 0 Å². The molecule has 2 atom stereocenters. The van der Waals surface area contributed by atoms with Crippen LogP contribution in [0, 0.1) is 0 Å². The van der Waals surface area contributed by atoms with Gasteiger partial charge in [0.2, 0.25) is 5.79 Å². The van der Waals surface area contributed by atoms with Crippen molar-refractivity contribution in [3.05, 3.63) is 0 Å². The van der Waals surface area contributed by atoms with Crippen LogP contribution in [0.2, 0.25) is 0 Å². The molecule has 6 heteroatoms. The van der Waals surface area contributed by atoms with Crippen molar-refractivity contribution in [2.45, 2.75) is 38.7 Å². The minimum atomic E-state index is -1.58. The highest BCUT2D eigenvalue weighted by Crippen LogP contribution is 2.04. The molecule has 0 aliphatic heterocycles. The minimum absolute atomic E-state index is 0.461. The quantitative estimate of drug-likeness (QED) is 0.504. The van der Waals surface area contributed by atoms with Crippen LogP contribution in [0.1, 0.15) is 20.8 Å². The first-order valence-corrected chi connectivity index (χ1v) is 4.50. The van der Waals surface area contributed by atoms with Crippen LogP contribution in [0.25, 0.3) is 0 Å². The van der Waals surface area contributed by atoms with Crippen molar-refractivity contribution < 1.29 is 24.2 Å². The zero-order chi connectivity index (χ0) is 12.1. The molecule has 0 fully saturated rings. The summed E-state index contributed by atoms with van der Waals surface area (Å²) in [5.41, 5.74) is 0. The highest BCUT2D eigenvalue weighted by molar-refractivity contribution is 5.73. The second-order valence-corrected chi connectivity index (χ2v) is 3.58. The van der Waals surface area contributed by atoms with Gasteiger partial charge in [0.1, 0.15) is 12.3 Å². The predicted octanol–water partition coefficient (Wildman–Crippen LogP) is 0.0434. The third-order valence-corrected chi connectivity index (χ3v) is 1.65. The molecular weight excluding hydrogens is 202 g/mol. The first-order valence-electron chi connectivity index (χ1n) is 4.50. The molecule has 0 bridgehead atoms. The molecule has 15 heavy (non-hydrogen) atoms. The maximum absolute atomic E-state index is 11.1.